The van der Waals surface area contributed by atoms with E-state index in [2.05, 4.69) is 5.32 Å². The SMILES string of the molecule is O=C1CC[C@@H]([N+](=O)[O-])[C@@H](c2ccc(Cl)cc2Cl)N1. The summed E-state index contributed by atoms with van der Waals surface area (Å²) in [5, 5.41) is 14.4. The van der Waals surface area contributed by atoms with Gasteiger partial charge in [0.2, 0.25) is 11.9 Å². The number of nitrogens with one attached hydrogen (secondary N) is 1. The monoisotopic (exact) mass is 288 g/mol. The molecule has 1 heterocycles. The summed E-state index contributed by atoms with van der Waals surface area (Å²) in [4.78, 5) is 22.0. The van der Waals surface area contributed by atoms with Crippen molar-refractivity contribution in [2.24, 2.45) is 0 Å². The Hall–Kier alpha value is -1.33. The lowest BCUT2D eigenvalue weighted by Crippen LogP contribution is -2.45. The summed E-state index contributed by atoms with van der Waals surface area (Å²) in [5.74, 6) is -0.205. The molecule has 96 valence electrons. The van der Waals surface area contributed by atoms with Crippen molar-refractivity contribution in [1.82, 2.24) is 5.32 Å². The standard InChI is InChI=1S/C11H10Cl2N2O3/c12-6-1-2-7(8(13)5-6)11-9(15(17)18)3-4-10(16)14-11/h1-2,5,9,11H,3-4H2,(H,14,16)/t9-,11-/m1/s1. The second-order valence-electron chi connectivity index (χ2n) is 4.10. The average Bonchev–Trinajstić information content (AvgIpc) is 2.28. The highest BCUT2D eigenvalue weighted by atomic mass is 35.5. The predicted octanol–water partition coefficient (Wildman–Crippen LogP) is 2.59. The number of nitrogens with zero attached hydrogens (tertiary/aromatic N) is 1. The number of carbonyl (C=O) groups excluding carboxylic acids is 1. The molecule has 0 bridgehead atoms. The van der Waals surface area contributed by atoms with Crippen LogP contribution in [0.4, 0.5) is 0 Å². The van der Waals surface area contributed by atoms with Crippen molar-refractivity contribution in [1.29, 1.82) is 0 Å². The number of piperidine rings is 1. The Morgan fingerprint density at radius 1 is 1.39 bits per heavy atom. The zero-order valence-electron chi connectivity index (χ0n) is 9.23. The summed E-state index contributed by atoms with van der Waals surface area (Å²) in [5.41, 5.74) is 0.524. The Bertz CT molecular complexity index is 507. The van der Waals surface area contributed by atoms with E-state index >= 15 is 0 Å². The van der Waals surface area contributed by atoms with Crippen LogP contribution in [0.3, 0.4) is 0 Å². The first kappa shape index (κ1) is 13.1. The van der Waals surface area contributed by atoms with Crippen molar-refractivity contribution in [2.75, 3.05) is 0 Å². The van der Waals surface area contributed by atoms with E-state index in [9.17, 15) is 14.9 Å². The van der Waals surface area contributed by atoms with E-state index < -0.39 is 12.1 Å². The highest BCUT2D eigenvalue weighted by Gasteiger charge is 2.38. The third-order valence-electron chi connectivity index (χ3n) is 2.94. The lowest BCUT2D eigenvalue weighted by atomic mass is 9.92. The van der Waals surface area contributed by atoms with E-state index in [1.807, 2.05) is 0 Å². The van der Waals surface area contributed by atoms with Gasteiger partial charge in [0.05, 0.1) is 0 Å². The molecule has 5 nitrogen and oxygen atoms in total. The Balaban J connectivity index is 2.38. The van der Waals surface area contributed by atoms with Gasteiger partial charge in [0.25, 0.3) is 0 Å². The largest absolute Gasteiger partial charge is 0.343 e. The molecule has 1 N–H and O–H groups in total. The predicted molar refractivity (Wildman–Crippen MR) is 67.4 cm³/mol. The molecule has 18 heavy (non-hydrogen) atoms. The van der Waals surface area contributed by atoms with Crippen molar-refractivity contribution in [3.63, 3.8) is 0 Å². The van der Waals surface area contributed by atoms with E-state index in [4.69, 9.17) is 23.2 Å². The molecule has 1 aliphatic heterocycles. The molecule has 0 radical (unpaired) electrons. The summed E-state index contributed by atoms with van der Waals surface area (Å²) in [6.07, 6.45) is 0.371. The van der Waals surface area contributed by atoms with Gasteiger partial charge >= 0.3 is 0 Å². The number of carbonyl (C=O) groups is 1. The maximum atomic E-state index is 11.4. The lowest BCUT2D eigenvalue weighted by Gasteiger charge is -2.27. The minimum atomic E-state index is -0.860. The Morgan fingerprint density at radius 3 is 2.72 bits per heavy atom. The zero-order valence-corrected chi connectivity index (χ0v) is 10.7. The van der Waals surface area contributed by atoms with E-state index in [1.165, 1.54) is 6.07 Å². The molecule has 1 aromatic rings. The fraction of sp³-hybridized carbons (Fsp3) is 0.364. The first-order valence-corrected chi connectivity index (χ1v) is 6.12. The minimum Gasteiger partial charge on any atom is -0.343 e. The maximum Gasteiger partial charge on any atom is 0.237 e. The van der Waals surface area contributed by atoms with Crippen LogP contribution in [0.1, 0.15) is 24.4 Å². The third-order valence-corrected chi connectivity index (χ3v) is 3.50. The smallest absolute Gasteiger partial charge is 0.237 e. The van der Waals surface area contributed by atoms with Gasteiger partial charge in [-0.1, -0.05) is 29.3 Å². The van der Waals surface area contributed by atoms with E-state index in [0.717, 1.165) is 0 Å². The number of benzene rings is 1. The van der Waals surface area contributed by atoms with Crippen LogP contribution in [-0.4, -0.2) is 16.9 Å². The number of rotatable bonds is 2. The maximum absolute atomic E-state index is 11.4. The molecule has 0 unspecified atom stereocenters. The first-order valence-electron chi connectivity index (χ1n) is 5.37. The molecule has 1 aromatic carbocycles. The first-order chi connectivity index (χ1) is 8.49. The Labute approximate surface area is 113 Å². The summed E-state index contributed by atoms with van der Waals surface area (Å²) < 4.78 is 0. The fourth-order valence-corrected chi connectivity index (χ4v) is 2.58. The van der Waals surface area contributed by atoms with Gasteiger partial charge in [-0.3, -0.25) is 14.9 Å². The summed E-state index contributed by atoms with van der Waals surface area (Å²) in [7, 11) is 0. The van der Waals surface area contributed by atoms with Gasteiger partial charge in [-0.2, -0.15) is 0 Å². The minimum absolute atomic E-state index is 0.160. The van der Waals surface area contributed by atoms with Crippen LogP contribution in [0.15, 0.2) is 18.2 Å². The van der Waals surface area contributed by atoms with Gasteiger partial charge in [0.1, 0.15) is 6.04 Å². The normalized spacial score (nSPS) is 23.6. The van der Waals surface area contributed by atoms with Crippen LogP contribution in [0.5, 0.6) is 0 Å². The van der Waals surface area contributed by atoms with Crippen LogP contribution in [0.25, 0.3) is 0 Å². The molecule has 0 aromatic heterocycles. The summed E-state index contributed by atoms with van der Waals surface area (Å²) in [6, 6.07) is 3.15. The van der Waals surface area contributed by atoms with Crippen LogP contribution in [0, 0.1) is 10.1 Å². The summed E-state index contributed by atoms with van der Waals surface area (Å²) in [6.45, 7) is 0. The van der Waals surface area contributed by atoms with Crippen LogP contribution >= 0.6 is 23.2 Å². The van der Waals surface area contributed by atoms with Crippen molar-refractivity contribution < 1.29 is 9.72 Å². The molecule has 0 aliphatic carbocycles. The average molecular weight is 289 g/mol. The van der Waals surface area contributed by atoms with Gasteiger partial charge in [-0.15, -0.1) is 0 Å². The molecule has 7 heteroatoms. The number of halogens is 2. The summed E-state index contributed by atoms with van der Waals surface area (Å²) >= 11 is 11.8. The molecule has 0 spiro atoms. The second kappa shape index (κ2) is 5.12. The zero-order chi connectivity index (χ0) is 13.3. The van der Waals surface area contributed by atoms with Gasteiger partial charge in [0.15, 0.2) is 0 Å². The third kappa shape index (κ3) is 2.57. The molecular formula is C11H10Cl2N2O3. The van der Waals surface area contributed by atoms with Crippen molar-refractivity contribution in [2.45, 2.75) is 24.9 Å². The van der Waals surface area contributed by atoms with Gasteiger partial charge in [-0.05, 0) is 17.7 Å². The lowest BCUT2D eigenvalue weighted by molar-refractivity contribution is -0.529. The molecule has 0 saturated carbocycles. The highest BCUT2D eigenvalue weighted by molar-refractivity contribution is 6.35. The fourth-order valence-electron chi connectivity index (χ4n) is 2.05. The molecule has 1 fully saturated rings. The molecular weight excluding hydrogens is 279 g/mol. The number of hydrogen-bond acceptors (Lipinski definition) is 3. The Kier molecular flexibility index (Phi) is 3.73. The van der Waals surface area contributed by atoms with Crippen LogP contribution in [-0.2, 0) is 4.79 Å². The van der Waals surface area contributed by atoms with E-state index in [0.29, 0.717) is 15.6 Å². The molecule has 1 saturated heterocycles. The van der Waals surface area contributed by atoms with Gasteiger partial charge in [-0.25, -0.2) is 0 Å². The molecule has 2 atom stereocenters. The Morgan fingerprint density at radius 2 is 2.11 bits per heavy atom. The van der Waals surface area contributed by atoms with Gasteiger partial charge < -0.3 is 5.32 Å². The quantitative estimate of drug-likeness (QED) is 0.671. The topological polar surface area (TPSA) is 72.2 Å². The van der Waals surface area contributed by atoms with Crippen molar-refractivity contribution >= 4 is 29.1 Å². The number of amides is 1. The molecule has 1 amide bonds. The second-order valence-corrected chi connectivity index (χ2v) is 4.95. The van der Waals surface area contributed by atoms with Gasteiger partial charge in [0, 0.05) is 27.8 Å². The van der Waals surface area contributed by atoms with Crippen molar-refractivity contribution in [3.8, 4) is 0 Å². The molecule has 2 rings (SSSR count). The van der Waals surface area contributed by atoms with E-state index in [1.54, 1.807) is 12.1 Å². The number of hydrogen-bond donors (Lipinski definition) is 1. The molecule has 1 aliphatic rings. The van der Waals surface area contributed by atoms with Crippen LogP contribution < -0.4 is 5.32 Å². The van der Waals surface area contributed by atoms with Crippen molar-refractivity contribution in [3.05, 3.63) is 43.9 Å². The number of nitro groups is 1. The van der Waals surface area contributed by atoms with Crippen LogP contribution in [0.2, 0.25) is 10.0 Å². The van der Waals surface area contributed by atoms with E-state index in [-0.39, 0.29) is 23.7 Å². The highest BCUT2D eigenvalue weighted by Crippen LogP contribution is 2.32.